The Labute approximate surface area is 164 Å². The zero-order valence-electron chi connectivity index (χ0n) is 14.0. The van der Waals surface area contributed by atoms with Gasteiger partial charge in [0.05, 0.1) is 21.9 Å². The van der Waals surface area contributed by atoms with E-state index in [1.54, 1.807) is 4.98 Å². The third-order valence-electron chi connectivity index (χ3n) is 3.67. The Bertz CT molecular complexity index is 642. The fourth-order valence-corrected chi connectivity index (χ4v) is 3.31. The average Bonchev–Trinajstić information content (AvgIpc) is 2.87. The quantitative estimate of drug-likeness (QED) is 0.495. The van der Waals surface area contributed by atoms with Gasteiger partial charge in [-0.25, -0.2) is 0 Å². The molecule has 1 aromatic rings. The van der Waals surface area contributed by atoms with Crippen molar-refractivity contribution in [2.75, 3.05) is 13.2 Å². The van der Waals surface area contributed by atoms with Gasteiger partial charge in [0, 0.05) is 33.9 Å². The predicted octanol–water partition coefficient (Wildman–Crippen LogP) is 3.70. The number of nitrogens with one attached hydrogen (secondary N) is 1. The molecule has 6 nitrogen and oxygen atoms in total. The van der Waals surface area contributed by atoms with Crippen LogP contribution in [0.25, 0.3) is 0 Å². The van der Waals surface area contributed by atoms with E-state index < -0.39 is 23.2 Å². The van der Waals surface area contributed by atoms with Crippen LogP contribution in [0.5, 0.6) is 0 Å². The number of pyridine rings is 1. The molecule has 11 heteroatoms. The third-order valence-corrected chi connectivity index (χ3v) is 4.66. The molecule has 3 rings (SSSR count). The number of fused-ring (bicyclic) bond motifs is 1. The molecule has 0 amide bonds. The Morgan fingerprint density at radius 2 is 2.12 bits per heavy atom. The number of H-pyrrole nitrogens is 1. The first-order chi connectivity index (χ1) is 12.1. The van der Waals surface area contributed by atoms with E-state index in [9.17, 15) is 18.0 Å². The molecule has 2 fully saturated rings. The van der Waals surface area contributed by atoms with Gasteiger partial charge in [-0.1, -0.05) is 6.07 Å². The lowest BCUT2D eigenvalue weighted by Gasteiger charge is -2.30. The Morgan fingerprint density at radius 3 is 2.69 bits per heavy atom. The van der Waals surface area contributed by atoms with E-state index in [1.807, 2.05) is 13.8 Å². The van der Waals surface area contributed by atoms with E-state index in [4.69, 9.17) is 18.4 Å². The third kappa shape index (κ3) is 6.37. The van der Waals surface area contributed by atoms with Gasteiger partial charge >= 0.3 is 6.18 Å². The van der Waals surface area contributed by atoms with E-state index >= 15 is 0 Å². The number of ether oxygens (including phenoxy) is 3. The summed E-state index contributed by atoms with van der Waals surface area (Å²) in [5, 5.41) is 0. The van der Waals surface area contributed by atoms with E-state index in [-0.39, 0.29) is 18.3 Å². The number of aromatic nitrogens is 1. The van der Waals surface area contributed by atoms with Crippen LogP contribution in [0.2, 0.25) is 0 Å². The summed E-state index contributed by atoms with van der Waals surface area (Å²) >= 11 is 2.10. The molecule has 2 aliphatic rings. The Balaban J connectivity index is 0.000000197. The molecule has 2 saturated heterocycles. The van der Waals surface area contributed by atoms with Crippen LogP contribution in [-0.2, 0) is 24.6 Å². The van der Waals surface area contributed by atoms with Crippen molar-refractivity contribution < 1.29 is 31.6 Å². The molecule has 2 aliphatic heterocycles. The minimum absolute atomic E-state index is 0.00668. The van der Waals surface area contributed by atoms with Crippen LogP contribution in [0, 0.1) is 0 Å². The molecule has 0 bridgehead atoms. The van der Waals surface area contributed by atoms with E-state index in [1.165, 1.54) is 9.21 Å². The molecule has 3 atom stereocenters. The second-order valence-electron chi connectivity index (χ2n) is 6.11. The van der Waals surface area contributed by atoms with Crippen LogP contribution >= 0.6 is 30.4 Å². The molecule has 26 heavy (non-hydrogen) atoms. The van der Waals surface area contributed by atoms with Crippen molar-refractivity contribution in [3.05, 3.63) is 34.2 Å². The van der Waals surface area contributed by atoms with Crippen molar-refractivity contribution in [2.45, 2.75) is 50.5 Å². The van der Waals surface area contributed by atoms with Gasteiger partial charge < -0.3 is 23.4 Å². The highest BCUT2D eigenvalue weighted by atomic mass is 127. The minimum Gasteiger partial charge on any atom is -0.373 e. The Hall–Kier alpha value is -0.340. The van der Waals surface area contributed by atoms with Gasteiger partial charge in [0.1, 0.15) is 17.9 Å². The molecule has 148 valence electrons. The maximum atomic E-state index is 11.8. The highest BCUT2D eigenvalue weighted by Gasteiger charge is 2.47. The van der Waals surface area contributed by atoms with Crippen LogP contribution in [0.3, 0.4) is 0 Å². The molecule has 0 aliphatic carbocycles. The lowest BCUT2D eigenvalue weighted by atomic mass is 10.0. The van der Waals surface area contributed by atoms with Gasteiger partial charge in [0.2, 0.25) is 5.56 Å². The number of hydrogen-bond donors (Lipinski definition) is 1. The predicted molar refractivity (Wildman–Crippen MR) is 97.8 cm³/mol. The number of aromatic amines is 1. The van der Waals surface area contributed by atoms with Gasteiger partial charge in [-0.3, -0.25) is 4.79 Å². The highest BCUT2D eigenvalue weighted by Crippen LogP contribution is 2.35. The number of rotatable bonds is 3. The summed E-state index contributed by atoms with van der Waals surface area (Å²) in [6, 6.07) is 2.89. The van der Waals surface area contributed by atoms with Gasteiger partial charge in [-0.05, 0) is 26.3 Å². The lowest BCUT2D eigenvalue weighted by Crippen LogP contribution is -2.44. The molecular weight excluding hydrogens is 490 g/mol. The first-order valence-electron chi connectivity index (χ1n) is 7.76. The molecule has 0 saturated carbocycles. The van der Waals surface area contributed by atoms with Gasteiger partial charge in [-0.15, -0.1) is 0 Å². The zero-order chi connectivity index (χ0) is 19.4. The highest BCUT2D eigenvalue weighted by molar-refractivity contribution is 14.2. The normalized spacial score (nSPS) is 27.4. The van der Waals surface area contributed by atoms with E-state index in [0.717, 1.165) is 31.2 Å². The molecule has 0 radical (unpaired) electrons. The second kappa shape index (κ2) is 9.24. The van der Waals surface area contributed by atoms with Crippen molar-refractivity contribution in [1.82, 2.24) is 4.98 Å². The fourth-order valence-electron chi connectivity index (χ4n) is 2.68. The SMILES string of the molecule is CC1(C)O[C@@H]2CCOC(COSI)[C@@H]2O1.O=c1cccc(C(F)(F)F)[nH]1. The largest absolute Gasteiger partial charge is 0.431 e. The standard InChI is InChI=1S/C9H15IO4S.C6H4F3NO/c1-9(2)13-6-3-4-11-7(5-12-15-10)8(6)14-9;7-6(8,9)4-2-1-3-5(11)10-4/h6-8H,3-5H2,1-2H3;1-3H,(H,10,11)/t6-,7?,8-;/m1./s1. The van der Waals surface area contributed by atoms with Crippen LogP contribution in [-0.4, -0.2) is 42.3 Å². The van der Waals surface area contributed by atoms with Crippen molar-refractivity contribution in [1.29, 1.82) is 0 Å². The molecular formula is C15H19F3INO5S. The van der Waals surface area contributed by atoms with E-state index in [2.05, 4.69) is 21.2 Å². The topological polar surface area (TPSA) is 69.8 Å². The lowest BCUT2D eigenvalue weighted by molar-refractivity contribution is -0.156. The van der Waals surface area contributed by atoms with Crippen molar-refractivity contribution >= 4 is 30.4 Å². The summed E-state index contributed by atoms with van der Waals surface area (Å²) in [5.74, 6) is -0.487. The number of halogens is 4. The molecule has 1 unspecified atom stereocenters. The monoisotopic (exact) mass is 509 g/mol. The van der Waals surface area contributed by atoms with Crippen LogP contribution in [0.4, 0.5) is 13.2 Å². The number of alkyl halides is 3. The first-order valence-corrected chi connectivity index (χ1v) is 11.0. The van der Waals surface area contributed by atoms with Crippen molar-refractivity contribution in [3.8, 4) is 0 Å². The average molecular weight is 509 g/mol. The summed E-state index contributed by atoms with van der Waals surface area (Å²) in [5.41, 5.74) is -1.77. The van der Waals surface area contributed by atoms with Gasteiger partial charge in [0.25, 0.3) is 0 Å². The molecule has 0 aromatic carbocycles. The van der Waals surface area contributed by atoms with Crippen LogP contribution < -0.4 is 5.56 Å². The van der Waals surface area contributed by atoms with E-state index in [0.29, 0.717) is 6.61 Å². The maximum absolute atomic E-state index is 11.8. The summed E-state index contributed by atoms with van der Waals surface area (Å²) in [6.45, 7) is 5.15. The Kier molecular flexibility index (Phi) is 7.80. The summed E-state index contributed by atoms with van der Waals surface area (Å²) < 4.78 is 57.9. The Morgan fingerprint density at radius 1 is 1.38 bits per heavy atom. The summed E-state index contributed by atoms with van der Waals surface area (Å²) in [4.78, 5) is 12.0. The number of hydrogen-bond acceptors (Lipinski definition) is 6. The van der Waals surface area contributed by atoms with Crippen LogP contribution in [0.1, 0.15) is 26.0 Å². The first kappa shape index (κ1) is 22.0. The molecule has 0 spiro atoms. The second-order valence-corrected chi connectivity index (χ2v) is 7.55. The van der Waals surface area contributed by atoms with Gasteiger partial charge in [0.15, 0.2) is 5.79 Å². The minimum atomic E-state index is -4.47. The van der Waals surface area contributed by atoms with Gasteiger partial charge in [-0.2, -0.15) is 13.2 Å². The maximum Gasteiger partial charge on any atom is 0.431 e. The van der Waals surface area contributed by atoms with Crippen molar-refractivity contribution in [2.24, 2.45) is 0 Å². The smallest absolute Gasteiger partial charge is 0.373 e. The summed E-state index contributed by atoms with van der Waals surface area (Å²) in [7, 11) is 1.32. The van der Waals surface area contributed by atoms with Crippen LogP contribution in [0.15, 0.2) is 23.0 Å². The van der Waals surface area contributed by atoms with Crippen molar-refractivity contribution in [3.63, 3.8) is 0 Å². The molecule has 3 heterocycles. The fraction of sp³-hybridized carbons (Fsp3) is 0.667. The zero-order valence-corrected chi connectivity index (χ0v) is 17.0. The summed E-state index contributed by atoms with van der Waals surface area (Å²) in [6.07, 6.45) is -3.41. The molecule has 1 aromatic heterocycles. The molecule has 1 N–H and O–H groups in total.